The van der Waals surface area contributed by atoms with Crippen molar-refractivity contribution >= 4 is 63.8 Å². The van der Waals surface area contributed by atoms with Crippen LogP contribution in [0, 0.1) is 19.8 Å². The first kappa shape index (κ1) is 54.7. The van der Waals surface area contributed by atoms with Gasteiger partial charge in [-0.15, -0.1) is 0 Å². The number of ether oxygens (including phenoxy) is 2. The molecule has 400 valence electrons. The van der Waals surface area contributed by atoms with Gasteiger partial charge in [-0.25, -0.2) is 9.78 Å². The van der Waals surface area contributed by atoms with Gasteiger partial charge in [-0.2, -0.15) is 0 Å². The van der Waals surface area contributed by atoms with E-state index in [2.05, 4.69) is 22.9 Å². The zero-order valence-electron chi connectivity index (χ0n) is 43.3. The molecule has 1 aliphatic carbocycles. The van der Waals surface area contributed by atoms with E-state index in [1.54, 1.807) is 48.7 Å². The summed E-state index contributed by atoms with van der Waals surface area (Å²) >= 11 is 0. The van der Waals surface area contributed by atoms with Gasteiger partial charge in [0.2, 0.25) is 17.7 Å². The molecule has 19 nitrogen and oxygen atoms in total. The molecule has 4 aliphatic rings. The van der Waals surface area contributed by atoms with Crippen LogP contribution in [0.25, 0.3) is 22.3 Å². The van der Waals surface area contributed by atoms with Gasteiger partial charge < -0.3 is 35.1 Å². The fourth-order valence-electron chi connectivity index (χ4n) is 10.7. The number of carbonyl (C=O) groups is 9. The van der Waals surface area contributed by atoms with Crippen molar-refractivity contribution in [3.05, 3.63) is 109 Å². The summed E-state index contributed by atoms with van der Waals surface area (Å²) in [6, 6.07) is 11.7. The van der Waals surface area contributed by atoms with Gasteiger partial charge in [0.1, 0.15) is 19.9 Å². The minimum absolute atomic E-state index is 0.0138. The second-order valence-corrected chi connectivity index (χ2v) is 20.3. The van der Waals surface area contributed by atoms with E-state index in [4.69, 9.17) is 14.5 Å². The highest BCUT2D eigenvalue weighted by Gasteiger charge is 2.46. The number of aromatic nitrogens is 2. The van der Waals surface area contributed by atoms with Crippen LogP contribution in [0.5, 0.6) is 0 Å². The standard InChI is InChI=1S/C57H64N6O13/c1-5-57(74)42-26-45-53-40(28-63(45)55(72)41(42)30-76-56(57)73)51-36(14-16-39-34(4)33(3)23-44(61-53)52(39)51)25-38(65)29-75-31-59-47(67)19-17-46(66)43(24-35-12-7-6-8-13-35)60-48(68)18-15-37(64)27-58-54(71)32(2)11-9-10-22-62-49(69)20-21-50(62)70/h6-8,12-13,20-21,23,26,32,36,43,74H,5,9-11,14-19,22,24-25,27-31H2,1-4H3,(H,58,71)(H,59,67)(H,60,68)/t32?,36-,43+,57+/m1/s1. The van der Waals surface area contributed by atoms with Crippen LogP contribution < -0.4 is 21.5 Å². The molecule has 5 heterocycles. The van der Waals surface area contributed by atoms with Crippen LogP contribution in [0.15, 0.2) is 59.4 Å². The van der Waals surface area contributed by atoms with Crippen molar-refractivity contribution in [1.29, 1.82) is 0 Å². The van der Waals surface area contributed by atoms with Crippen molar-refractivity contribution in [2.24, 2.45) is 5.92 Å². The number of nitrogens with zero attached hydrogens (tertiary/aromatic N) is 3. The summed E-state index contributed by atoms with van der Waals surface area (Å²) in [5.74, 6) is -4.56. The zero-order valence-corrected chi connectivity index (χ0v) is 43.3. The van der Waals surface area contributed by atoms with E-state index in [9.17, 15) is 53.1 Å². The fraction of sp³-hybridized carbons (Fsp3) is 0.456. The number of rotatable bonds is 25. The molecular weight excluding hydrogens is 977 g/mol. The molecule has 5 amide bonds. The maximum absolute atomic E-state index is 14.0. The molecule has 0 fully saturated rings. The lowest BCUT2D eigenvalue weighted by Crippen LogP contribution is -2.44. The van der Waals surface area contributed by atoms with Crippen LogP contribution in [-0.4, -0.2) is 105 Å². The fourth-order valence-corrected chi connectivity index (χ4v) is 10.7. The Kier molecular flexibility index (Phi) is 17.0. The number of pyridine rings is 2. The van der Waals surface area contributed by atoms with Gasteiger partial charge in [0.25, 0.3) is 17.4 Å². The van der Waals surface area contributed by atoms with E-state index in [0.29, 0.717) is 43.5 Å². The highest BCUT2D eigenvalue weighted by Crippen LogP contribution is 2.47. The third-order valence-corrected chi connectivity index (χ3v) is 15.2. The van der Waals surface area contributed by atoms with Crippen molar-refractivity contribution in [2.75, 3.05) is 26.4 Å². The predicted octanol–water partition coefficient (Wildman–Crippen LogP) is 4.05. The van der Waals surface area contributed by atoms with Crippen molar-refractivity contribution in [1.82, 2.24) is 30.4 Å². The third kappa shape index (κ3) is 11.8. The molecule has 4 aromatic rings. The average Bonchev–Trinajstić information content (AvgIpc) is 4.02. The number of Topliss-reactive ketones (excluding diaryl/α,β-unsaturated/α-hetero) is 3. The number of unbranched alkanes of at least 4 members (excludes halogenated alkanes) is 1. The van der Waals surface area contributed by atoms with Gasteiger partial charge in [-0.05, 0) is 98.2 Å². The number of imide groups is 1. The number of nitrogens with one attached hydrogen (secondary N) is 3. The third-order valence-electron chi connectivity index (χ3n) is 15.2. The topological polar surface area (TPSA) is 267 Å². The monoisotopic (exact) mass is 1040 g/mol. The lowest BCUT2D eigenvalue weighted by Gasteiger charge is -2.31. The molecule has 0 radical (unpaired) electrons. The van der Waals surface area contributed by atoms with Gasteiger partial charge >= 0.3 is 5.97 Å². The molecule has 8 rings (SSSR count). The quantitative estimate of drug-likeness (QED) is 0.0278. The molecule has 0 bridgehead atoms. The highest BCUT2D eigenvalue weighted by molar-refractivity contribution is 6.12. The second-order valence-electron chi connectivity index (χ2n) is 20.3. The Hall–Kier alpha value is -7.51. The van der Waals surface area contributed by atoms with Crippen molar-refractivity contribution in [3.63, 3.8) is 0 Å². The SMILES string of the molecule is CC[C@@]1(O)C(=O)OCc2c1cc1n(c2=O)Cc2c-1nc1cc(C)c(C)c3c1c2[C@@H](CC(=O)COCNC(=O)CCC(=O)[C@H](Cc1ccccc1)NC(=O)CCC(=O)CNC(=O)C(C)CCCCN1C(=O)C=CC1=O)CC3. The number of carbonyl (C=O) groups excluding carboxylic acids is 9. The Morgan fingerprint density at radius 1 is 0.895 bits per heavy atom. The molecule has 1 unspecified atom stereocenters. The molecule has 2 aromatic carbocycles. The Morgan fingerprint density at radius 2 is 1.63 bits per heavy atom. The summed E-state index contributed by atoms with van der Waals surface area (Å²) in [6.07, 6.45) is 4.85. The first-order chi connectivity index (χ1) is 36.4. The van der Waals surface area contributed by atoms with Gasteiger partial charge in [0.05, 0.1) is 41.6 Å². The molecular formula is C57H64N6O13. The molecule has 0 spiro atoms. The van der Waals surface area contributed by atoms with Crippen LogP contribution in [0.1, 0.15) is 128 Å². The number of aryl methyl sites for hydroxylation is 2. The van der Waals surface area contributed by atoms with E-state index in [1.807, 2.05) is 19.1 Å². The smallest absolute Gasteiger partial charge is 0.343 e. The number of esters is 1. The number of fused-ring (bicyclic) bond motifs is 5. The Balaban J connectivity index is 0.808. The molecule has 0 saturated carbocycles. The van der Waals surface area contributed by atoms with Crippen LogP contribution >= 0.6 is 0 Å². The Bertz CT molecular complexity index is 3110. The maximum Gasteiger partial charge on any atom is 0.343 e. The summed E-state index contributed by atoms with van der Waals surface area (Å²) < 4.78 is 12.5. The first-order valence-corrected chi connectivity index (χ1v) is 26.1. The molecule has 3 aliphatic heterocycles. The summed E-state index contributed by atoms with van der Waals surface area (Å²) in [6.45, 7) is 6.80. The summed E-state index contributed by atoms with van der Waals surface area (Å²) in [4.78, 5) is 135. The minimum atomic E-state index is -1.98. The lowest BCUT2D eigenvalue weighted by atomic mass is 9.76. The zero-order chi connectivity index (χ0) is 54.4. The molecule has 2 aromatic heterocycles. The molecule has 4 N–H and O–H groups in total. The van der Waals surface area contributed by atoms with Crippen molar-refractivity contribution in [2.45, 2.75) is 135 Å². The summed E-state index contributed by atoms with van der Waals surface area (Å²) in [5.41, 5.74) is 5.74. The van der Waals surface area contributed by atoms with Crippen molar-refractivity contribution in [3.8, 4) is 11.4 Å². The number of hydrogen-bond donors (Lipinski definition) is 4. The number of cyclic esters (lactones) is 1. The van der Waals surface area contributed by atoms with Crippen LogP contribution in [0.2, 0.25) is 0 Å². The van der Waals surface area contributed by atoms with Gasteiger partial charge in [0.15, 0.2) is 23.0 Å². The number of amides is 5. The molecule has 0 saturated heterocycles. The summed E-state index contributed by atoms with van der Waals surface area (Å²) in [7, 11) is 0. The largest absolute Gasteiger partial charge is 0.458 e. The number of benzene rings is 2. The van der Waals surface area contributed by atoms with E-state index in [-0.39, 0.29) is 136 Å². The van der Waals surface area contributed by atoms with Gasteiger partial charge in [-0.3, -0.25) is 48.1 Å². The molecule has 4 atom stereocenters. The Morgan fingerprint density at radius 3 is 2.37 bits per heavy atom. The van der Waals surface area contributed by atoms with Crippen LogP contribution in [0.4, 0.5) is 0 Å². The van der Waals surface area contributed by atoms with E-state index >= 15 is 0 Å². The first-order valence-electron chi connectivity index (χ1n) is 26.1. The molecule has 19 heteroatoms. The van der Waals surface area contributed by atoms with E-state index < -0.39 is 41.1 Å². The highest BCUT2D eigenvalue weighted by atomic mass is 16.6. The van der Waals surface area contributed by atoms with Crippen LogP contribution in [-0.2, 0) is 84.2 Å². The summed E-state index contributed by atoms with van der Waals surface area (Å²) in [5, 5.41) is 20.3. The van der Waals surface area contributed by atoms with Crippen LogP contribution in [0.3, 0.4) is 0 Å². The number of ketones is 3. The van der Waals surface area contributed by atoms with E-state index in [0.717, 1.165) is 49.2 Å². The predicted molar refractivity (Wildman–Crippen MR) is 276 cm³/mol. The second kappa shape index (κ2) is 23.6. The van der Waals surface area contributed by atoms with E-state index in [1.165, 1.54) is 12.2 Å². The normalized spacial score (nSPS) is 17.9. The van der Waals surface area contributed by atoms with Gasteiger partial charge in [0, 0.05) is 73.2 Å². The maximum atomic E-state index is 14.0. The van der Waals surface area contributed by atoms with Crippen molar-refractivity contribution < 1.29 is 57.7 Å². The molecule has 76 heavy (non-hydrogen) atoms. The lowest BCUT2D eigenvalue weighted by molar-refractivity contribution is -0.172. The Labute approximate surface area is 439 Å². The average molecular weight is 1040 g/mol. The number of aliphatic hydroxyl groups is 1. The minimum Gasteiger partial charge on any atom is -0.458 e. The number of hydrogen-bond acceptors (Lipinski definition) is 14. The van der Waals surface area contributed by atoms with Gasteiger partial charge in [-0.1, -0.05) is 50.6 Å².